The average molecular weight is 493 g/mol. The first-order valence-electron chi connectivity index (χ1n) is 7.89. The summed E-state index contributed by atoms with van der Waals surface area (Å²) in [5.41, 5.74) is 2.38. The Labute approximate surface area is 174 Å². The standard InChI is InChI=1S/C20H14ClIN2O3/c1-24(14-5-3-13(21)4-6-14)15-7-9-18(23-11-15)19(25)12-2-8-17(22)16(10-12)20(26)27/h2-11H,1H3,(H,26,27). The van der Waals surface area contributed by atoms with Crippen molar-refractivity contribution < 1.29 is 14.7 Å². The highest BCUT2D eigenvalue weighted by Gasteiger charge is 2.16. The maximum atomic E-state index is 12.6. The molecule has 0 unspecified atom stereocenters. The molecule has 1 heterocycles. The van der Waals surface area contributed by atoms with Gasteiger partial charge in [0.25, 0.3) is 0 Å². The Kier molecular flexibility index (Phi) is 5.76. The van der Waals surface area contributed by atoms with Gasteiger partial charge in [-0.1, -0.05) is 11.6 Å². The third-order valence-corrected chi connectivity index (χ3v) is 5.23. The Balaban J connectivity index is 1.84. The lowest BCUT2D eigenvalue weighted by Crippen LogP contribution is -2.11. The predicted octanol–water partition coefficient (Wildman–Crippen LogP) is 5.04. The van der Waals surface area contributed by atoms with Gasteiger partial charge in [0, 0.05) is 26.9 Å². The highest BCUT2D eigenvalue weighted by molar-refractivity contribution is 14.1. The normalized spacial score (nSPS) is 10.5. The lowest BCUT2D eigenvalue weighted by Gasteiger charge is -2.19. The quantitative estimate of drug-likeness (QED) is 0.399. The largest absolute Gasteiger partial charge is 0.478 e. The summed E-state index contributed by atoms with van der Waals surface area (Å²) in [4.78, 5) is 30.1. The molecular formula is C20H14ClIN2O3. The van der Waals surface area contributed by atoms with Crippen molar-refractivity contribution in [1.82, 2.24) is 4.98 Å². The summed E-state index contributed by atoms with van der Waals surface area (Å²) in [6.07, 6.45) is 1.60. The molecule has 5 nitrogen and oxygen atoms in total. The zero-order valence-corrected chi connectivity index (χ0v) is 17.1. The number of ketones is 1. The second kappa shape index (κ2) is 8.06. The molecule has 0 saturated carbocycles. The number of pyridine rings is 1. The highest BCUT2D eigenvalue weighted by Crippen LogP contribution is 2.25. The van der Waals surface area contributed by atoms with E-state index in [4.69, 9.17) is 11.6 Å². The number of aromatic carboxylic acids is 1. The van der Waals surface area contributed by atoms with Crippen LogP contribution in [0.2, 0.25) is 5.02 Å². The van der Waals surface area contributed by atoms with Crippen molar-refractivity contribution in [3.05, 3.63) is 86.2 Å². The van der Waals surface area contributed by atoms with E-state index in [0.717, 1.165) is 11.4 Å². The first kappa shape index (κ1) is 19.3. The van der Waals surface area contributed by atoms with Gasteiger partial charge in [0.05, 0.1) is 17.4 Å². The number of hydrogen-bond acceptors (Lipinski definition) is 4. The van der Waals surface area contributed by atoms with E-state index < -0.39 is 5.97 Å². The molecule has 0 saturated heterocycles. The summed E-state index contributed by atoms with van der Waals surface area (Å²) in [7, 11) is 1.89. The van der Waals surface area contributed by atoms with E-state index in [2.05, 4.69) is 4.98 Å². The molecule has 27 heavy (non-hydrogen) atoms. The van der Waals surface area contributed by atoms with Crippen LogP contribution in [0.1, 0.15) is 26.4 Å². The van der Waals surface area contributed by atoms with Crippen LogP contribution in [0.15, 0.2) is 60.8 Å². The molecule has 7 heteroatoms. The molecule has 1 aromatic heterocycles. The summed E-state index contributed by atoms with van der Waals surface area (Å²) in [6.45, 7) is 0. The molecule has 0 spiro atoms. The minimum absolute atomic E-state index is 0.0977. The van der Waals surface area contributed by atoms with E-state index >= 15 is 0 Å². The topological polar surface area (TPSA) is 70.5 Å². The molecule has 3 rings (SSSR count). The number of carboxylic acids is 1. The highest BCUT2D eigenvalue weighted by atomic mass is 127. The van der Waals surface area contributed by atoms with Crippen LogP contribution in [-0.4, -0.2) is 28.9 Å². The number of nitrogens with zero attached hydrogens (tertiary/aromatic N) is 2. The van der Waals surface area contributed by atoms with Gasteiger partial charge in [0.2, 0.25) is 5.78 Å². The molecule has 0 atom stereocenters. The molecule has 0 aliphatic heterocycles. The lowest BCUT2D eigenvalue weighted by atomic mass is 10.0. The SMILES string of the molecule is CN(c1ccc(Cl)cc1)c1ccc(C(=O)c2ccc(I)c(C(=O)O)c2)nc1. The zero-order valence-electron chi connectivity index (χ0n) is 14.2. The van der Waals surface area contributed by atoms with Gasteiger partial charge in [-0.25, -0.2) is 4.79 Å². The number of carboxylic acid groups (broad SMARTS) is 1. The van der Waals surface area contributed by atoms with Crippen LogP contribution in [0.25, 0.3) is 0 Å². The Morgan fingerprint density at radius 2 is 1.70 bits per heavy atom. The zero-order chi connectivity index (χ0) is 19.6. The van der Waals surface area contributed by atoms with Crippen LogP contribution in [0.5, 0.6) is 0 Å². The fourth-order valence-electron chi connectivity index (χ4n) is 2.51. The molecule has 0 bridgehead atoms. The van der Waals surface area contributed by atoms with Crippen LogP contribution in [0.3, 0.4) is 0 Å². The monoisotopic (exact) mass is 492 g/mol. The van der Waals surface area contributed by atoms with Crippen molar-refractivity contribution >= 4 is 57.3 Å². The molecule has 0 aliphatic rings. The summed E-state index contributed by atoms with van der Waals surface area (Å²) in [5, 5.41) is 9.88. The van der Waals surface area contributed by atoms with Gasteiger partial charge in [-0.05, 0) is 77.2 Å². The van der Waals surface area contributed by atoms with Gasteiger partial charge in [0.1, 0.15) is 5.69 Å². The second-order valence-electron chi connectivity index (χ2n) is 5.77. The molecule has 0 amide bonds. The third-order valence-electron chi connectivity index (χ3n) is 4.04. The molecule has 1 N–H and O–H groups in total. The molecule has 0 aliphatic carbocycles. The smallest absolute Gasteiger partial charge is 0.336 e. The van der Waals surface area contributed by atoms with Crippen molar-refractivity contribution in [2.45, 2.75) is 0 Å². The Bertz CT molecular complexity index is 1000. The number of carbonyl (C=O) groups excluding carboxylic acids is 1. The van der Waals surface area contributed by atoms with Crippen molar-refractivity contribution in [2.75, 3.05) is 11.9 Å². The van der Waals surface area contributed by atoms with Crippen LogP contribution in [0.4, 0.5) is 11.4 Å². The summed E-state index contributed by atoms with van der Waals surface area (Å²) in [5.74, 6) is -1.39. The fraction of sp³-hybridized carbons (Fsp3) is 0.0500. The minimum atomic E-state index is -1.07. The fourth-order valence-corrected chi connectivity index (χ4v) is 3.20. The molecule has 3 aromatic rings. The van der Waals surface area contributed by atoms with E-state index in [1.807, 2.05) is 46.7 Å². The first-order valence-corrected chi connectivity index (χ1v) is 9.35. The Morgan fingerprint density at radius 3 is 2.30 bits per heavy atom. The molecular weight excluding hydrogens is 479 g/mol. The van der Waals surface area contributed by atoms with Gasteiger partial charge < -0.3 is 10.0 Å². The van der Waals surface area contributed by atoms with Gasteiger partial charge >= 0.3 is 5.97 Å². The first-order chi connectivity index (χ1) is 12.9. The number of benzene rings is 2. The lowest BCUT2D eigenvalue weighted by molar-refractivity contribution is 0.0695. The number of anilines is 2. The third kappa shape index (κ3) is 4.28. The van der Waals surface area contributed by atoms with Crippen molar-refractivity contribution in [1.29, 1.82) is 0 Å². The number of rotatable bonds is 5. The van der Waals surface area contributed by atoms with Crippen molar-refractivity contribution in [3.63, 3.8) is 0 Å². The van der Waals surface area contributed by atoms with Crippen molar-refractivity contribution in [3.8, 4) is 0 Å². The average Bonchev–Trinajstić information content (AvgIpc) is 2.68. The van der Waals surface area contributed by atoms with Gasteiger partial charge in [-0.3, -0.25) is 9.78 Å². The predicted molar refractivity (Wildman–Crippen MR) is 113 cm³/mol. The molecule has 2 aromatic carbocycles. The number of aromatic nitrogens is 1. The van der Waals surface area contributed by atoms with Crippen LogP contribution < -0.4 is 4.90 Å². The second-order valence-corrected chi connectivity index (χ2v) is 7.36. The molecule has 0 fully saturated rings. The van der Waals surface area contributed by atoms with Gasteiger partial charge in [0.15, 0.2) is 0 Å². The molecule has 136 valence electrons. The van der Waals surface area contributed by atoms with E-state index in [9.17, 15) is 14.7 Å². The maximum Gasteiger partial charge on any atom is 0.336 e. The van der Waals surface area contributed by atoms with E-state index in [1.165, 1.54) is 6.07 Å². The summed E-state index contributed by atoms with van der Waals surface area (Å²) in [6, 6.07) is 15.4. The maximum absolute atomic E-state index is 12.6. The molecule has 0 radical (unpaired) electrons. The van der Waals surface area contributed by atoms with E-state index in [-0.39, 0.29) is 17.0 Å². The summed E-state index contributed by atoms with van der Waals surface area (Å²) < 4.78 is 0.574. The van der Waals surface area contributed by atoms with Crippen LogP contribution in [0, 0.1) is 3.57 Å². The number of carbonyl (C=O) groups is 2. The van der Waals surface area contributed by atoms with Crippen LogP contribution in [-0.2, 0) is 0 Å². The minimum Gasteiger partial charge on any atom is -0.478 e. The van der Waals surface area contributed by atoms with E-state index in [0.29, 0.717) is 14.2 Å². The van der Waals surface area contributed by atoms with Crippen molar-refractivity contribution in [2.24, 2.45) is 0 Å². The Morgan fingerprint density at radius 1 is 1.04 bits per heavy atom. The summed E-state index contributed by atoms with van der Waals surface area (Å²) >= 11 is 7.84. The van der Waals surface area contributed by atoms with E-state index in [1.54, 1.807) is 42.6 Å². The number of hydrogen-bond donors (Lipinski definition) is 1. The number of halogens is 2. The van der Waals surface area contributed by atoms with Gasteiger partial charge in [-0.15, -0.1) is 0 Å². The van der Waals surface area contributed by atoms with Crippen LogP contribution >= 0.6 is 34.2 Å². The van der Waals surface area contributed by atoms with Gasteiger partial charge in [-0.2, -0.15) is 0 Å². The Hall–Kier alpha value is -2.45.